The molecule has 0 unspecified atom stereocenters. The maximum Gasteiger partial charge on any atom is 0.416 e. The number of anilines is 14. The van der Waals surface area contributed by atoms with Crippen LogP contribution in [0.4, 0.5) is 107 Å². The Morgan fingerprint density at radius 3 is 1.14 bits per heavy atom. The van der Waals surface area contributed by atoms with E-state index in [0.29, 0.717) is 158 Å². The van der Waals surface area contributed by atoms with Gasteiger partial charge in [0.05, 0.1) is 28.6 Å². The monoisotopic (exact) mass is 1940 g/mol. The van der Waals surface area contributed by atoms with Gasteiger partial charge in [0.15, 0.2) is 107 Å². The summed E-state index contributed by atoms with van der Waals surface area (Å²) in [7, 11) is -3.60. The Morgan fingerprint density at radius 2 is 0.741 bits per heavy atom. The molecule has 7 aromatic carbocycles. The van der Waals surface area contributed by atoms with Crippen LogP contribution in [0.3, 0.4) is 0 Å². The van der Waals surface area contributed by atoms with Crippen molar-refractivity contribution in [2.75, 3.05) is 37.2 Å². The molecule has 0 fully saturated rings. The van der Waals surface area contributed by atoms with Gasteiger partial charge in [-0.25, -0.2) is 47.7 Å². The van der Waals surface area contributed by atoms with Crippen molar-refractivity contribution in [3.63, 3.8) is 0 Å². The summed E-state index contributed by atoms with van der Waals surface area (Å²) in [6, 6.07) is 71.5. The summed E-state index contributed by atoms with van der Waals surface area (Å²) in [5.41, 5.74) is 16.2. The highest BCUT2D eigenvalue weighted by Gasteiger charge is 2.33. The van der Waals surface area contributed by atoms with Crippen LogP contribution in [0.5, 0.6) is 5.75 Å². The van der Waals surface area contributed by atoms with E-state index in [-0.39, 0.29) is 34.4 Å². The SMILES string of the molecule is CC(F)(F)Oc1cccc(Nc2noc3cccnc23)c1.Cc1cc(C#N)cc(Nc2noc3cccnc23)c1.Cc1ccc(Nc2noc3cccnc23)cc1C(F)(F)F.Cc1ccc(Nc2noc3cccnc23)cc1Cl.Cc1ccc(Nc2noc3cccnc23)cc1F.O=S(=O)(Cc1ccccc1Cl)n1ccc(Nc2noc3cccnc23)c1.c1ccc(Nc2noc3cccnc23)cc1. The average Bonchev–Trinajstić information content (AvgIpc) is 1.75. The summed E-state index contributed by atoms with van der Waals surface area (Å²) in [6.45, 7) is 7.71. The minimum atomic E-state index is -4.40. The largest absolute Gasteiger partial charge is 0.433 e. The van der Waals surface area contributed by atoms with Gasteiger partial charge in [-0.2, -0.15) is 27.2 Å². The summed E-state index contributed by atoms with van der Waals surface area (Å²) < 4.78 is 145. The van der Waals surface area contributed by atoms with Crippen LogP contribution in [0.15, 0.2) is 330 Å². The number of pyridine rings is 7. The molecule has 22 rings (SSSR count). The van der Waals surface area contributed by atoms with E-state index in [4.69, 9.17) is 60.1 Å². The number of ether oxygens (including phenoxy) is 1. The fourth-order valence-corrected chi connectivity index (χ4v) is 14.9. The van der Waals surface area contributed by atoms with E-state index in [1.165, 1.54) is 43.6 Å². The number of aromatic nitrogens is 15. The second-order valence-corrected chi connectivity index (χ2v) is 32.8. The second-order valence-electron chi connectivity index (χ2n) is 30.1. The third-order valence-corrected chi connectivity index (χ3v) is 22.1. The summed E-state index contributed by atoms with van der Waals surface area (Å²) >= 11 is 12.1. The van der Waals surface area contributed by atoms with Gasteiger partial charge in [-0.05, 0) is 231 Å². The van der Waals surface area contributed by atoms with Crippen LogP contribution < -0.4 is 42.0 Å². The summed E-state index contributed by atoms with van der Waals surface area (Å²) in [5, 5.41) is 58.5. The highest BCUT2D eigenvalue weighted by molar-refractivity contribution is 7.89. The van der Waals surface area contributed by atoms with Gasteiger partial charge in [-0.3, -0.25) is 3.97 Å². The average molecular weight is 1940 g/mol. The third kappa shape index (κ3) is 24.2. The minimum absolute atomic E-state index is 0.0493. The Kier molecular flexibility index (Phi) is 28.9. The number of benzene rings is 7. The van der Waals surface area contributed by atoms with Crippen LogP contribution >= 0.6 is 23.2 Å². The molecule has 0 atom stereocenters. The quantitative estimate of drug-likeness (QED) is 0.0370. The number of para-hydroxylation sites is 1. The van der Waals surface area contributed by atoms with E-state index in [2.05, 4.69) is 119 Å². The lowest BCUT2D eigenvalue weighted by molar-refractivity contribution is -0.158. The van der Waals surface area contributed by atoms with Gasteiger partial charge in [0.1, 0.15) is 11.6 Å². The van der Waals surface area contributed by atoms with Crippen LogP contribution in [0.1, 0.15) is 45.9 Å². The van der Waals surface area contributed by atoms with E-state index in [9.17, 15) is 34.8 Å². The van der Waals surface area contributed by atoms with Crippen molar-refractivity contribution in [2.45, 2.75) is 52.7 Å². The second kappa shape index (κ2) is 42.6. The van der Waals surface area contributed by atoms with Crippen molar-refractivity contribution < 1.29 is 71.2 Å². The molecule has 42 heteroatoms. The van der Waals surface area contributed by atoms with Crippen molar-refractivity contribution >= 4 is 191 Å². The third-order valence-electron chi connectivity index (χ3n) is 19.7. The normalized spacial score (nSPS) is 11.1. The Hall–Kier alpha value is -17.8. The lowest BCUT2D eigenvalue weighted by Crippen LogP contribution is -2.19. The van der Waals surface area contributed by atoms with Crippen molar-refractivity contribution in [3.8, 4) is 11.8 Å². The van der Waals surface area contributed by atoms with Crippen molar-refractivity contribution in [3.05, 3.63) is 353 Å². The number of aryl methyl sites for hydroxylation is 4. The number of nitrogens with one attached hydrogen (secondary N) is 7. The molecular weight excluding hydrogens is 1860 g/mol. The molecule has 0 amide bonds. The van der Waals surface area contributed by atoms with E-state index < -0.39 is 27.9 Å². The highest BCUT2D eigenvalue weighted by atomic mass is 35.5. The first-order valence-electron chi connectivity index (χ1n) is 41.6. The van der Waals surface area contributed by atoms with Crippen LogP contribution in [-0.4, -0.2) is 89.5 Å². The molecule has 0 bridgehead atoms. The molecular formula is C97H73Cl2F6N23O10S. The first-order valence-corrected chi connectivity index (χ1v) is 43.9. The predicted octanol–water partition coefficient (Wildman–Crippen LogP) is 25.5. The molecule has 0 aliphatic rings. The Balaban J connectivity index is 0.000000118. The number of hydrogen-bond donors (Lipinski definition) is 7. The maximum atomic E-state index is 13.4. The molecule has 33 nitrogen and oxygen atoms in total. The summed E-state index contributed by atoms with van der Waals surface area (Å²) in [5.74, 6) is 2.95. The van der Waals surface area contributed by atoms with Gasteiger partial charge in [0.25, 0.3) is 0 Å². The van der Waals surface area contributed by atoms with E-state index >= 15 is 0 Å². The number of rotatable bonds is 19. The van der Waals surface area contributed by atoms with Crippen LogP contribution in [0, 0.1) is 44.8 Å². The minimum Gasteiger partial charge on any atom is -0.433 e. The number of fused-ring (bicyclic) bond motifs is 7. The van der Waals surface area contributed by atoms with Crippen LogP contribution in [0.2, 0.25) is 10.0 Å². The number of hydrogen-bond acceptors (Lipinski definition) is 32. The standard InChI is InChI=1S/C17H13ClN4O3S.C14H10F3N3O.C14H11F2N3O2.C14H10N4O.C13H10ClN3O.C13H10FN3O.C12H9N3O/c18-14-5-2-1-4-12(14)11-26(23,24)22-9-7-13(10-22)20-17-16-15(25-21-17)6-3-8-19-16;1-8-4-5-9(7-10(8)14(15,16)17)19-13-12-11(21-20-13)3-2-6-18-12;1-14(15,16)20-10-5-2-4-9(8-10)18-13-12-11(21-19-13)6-3-7-17-12;1-9-5-10(8-15)7-11(6-9)17-14-13-12(19-18-14)3-2-4-16-13;2*1-8-4-5-9(7-10(8)14)16-13-12-11(18-17-13)3-2-6-15-12;1-2-5-9(6-3-1)14-12-11-10(16-15-12)7-4-8-13-11/h1-10H,11H2,(H,20,21);2-7H,1H3,(H,19,20);2-8H,1H3,(H,18,19);2-7H,1H3,(H,17,18);2*2-7H,1H3,(H,16,17);1-8H,(H,14,15). The molecule has 0 aliphatic heterocycles. The number of halogens is 8. The highest BCUT2D eigenvalue weighted by Crippen LogP contribution is 2.38. The molecule has 15 aromatic heterocycles. The lowest BCUT2D eigenvalue weighted by Gasteiger charge is -2.13. The van der Waals surface area contributed by atoms with Gasteiger partial charge in [-0.15, -0.1) is 0 Å². The summed E-state index contributed by atoms with van der Waals surface area (Å²) in [6.07, 6.45) is 6.85. The first-order chi connectivity index (χ1) is 67.2. The molecule has 139 heavy (non-hydrogen) atoms. The van der Waals surface area contributed by atoms with Crippen LogP contribution in [0.25, 0.3) is 77.7 Å². The maximum absolute atomic E-state index is 13.4. The number of nitriles is 1. The predicted molar refractivity (Wildman–Crippen MR) is 513 cm³/mol. The van der Waals surface area contributed by atoms with Crippen molar-refractivity contribution in [1.82, 2.24) is 75.0 Å². The fourth-order valence-electron chi connectivity index (χ4n) is 13.1. The Bertz CT molecular complexity index is 8090. The van der Waals surface area contributed by atoms with E-state index in [1.807, 2.05) is 92.7 Å². The first kappa shape index (κ1) is 94.4. The zero-order valence-electron chi connectivity index (χ0n) is 73.2. The molecule has 7 N–H and O–H groups in total. The Morgan fingerprint density at radius 1 is 0.374 bits per heavy atom. The smallest absolute Gasteiger partial charge is 0.416 e. The molecule has 698 valence electrons. The van der Waals surface area contributed by atoms with Gasteiger partial charge < -0.3 is 73.6 Å². The van der Waals surface area contributed by atoms with Crippen molar-refractivity contribution in [1.29, 1.82) is 5.26 Å². The van der Waals surface area contributed by atoms with Crippen LogP contribution in [-0.2, 0) is 22.0 Å². The molecule has 0 saturated carbocycles. The zero-order valence-corrected chi connectivity index (χ0v) is 75.5. The van der Waals surface area contributed by atoms with Gasteiger partial charge in [0.2, 0.25) is 21.7 Å². The van der Waals surface area contributed by atoms with E-state index in [0.717, 1.165) is 43.7 Å². The molecule has 22 aromatic rings. The molecule has 0 aliphatic carbocycles. The fraction of sp³-hybridized carbons (Fsp3) is 0.0825. The Labute approximate surface area is 793 Å². The zero-order chi connectivity index (χ0) is 97.2. The van der Waals surface area contributed by atoms with Gasteiger partial charge in [0, 0.05) is 113 Å². The molecule has 0 spiro atoms. The molecule has 0 radical (unpaired) electrons. The van der Waals surface area contributed by atoms with Gasteiger partial charge >= 0.3 is 12.3 Å². The number of nitrogens with zero attached hydrogens (tertiary/aromatic N) is 16. The summed E-state index contributed by atoms with van der Waals surface area (Å²) in [4.78, 5) is 29.3. The lowest BCUT2D eigenvalue weighted by atomic mass is 10.1. The molecule has 15 heterocycles. The topological polar surface area (TPSA) is 429 Å². The van der Waals surface area contributed by atoms with Gasteiger partial charge in [-0.1, -0.05) is 120 Å². The van der Waals surface area contributed by atoms with E-state index in [1.54, 1.807) is 184 Å². The molecule has 0 saturated heterocycles. The number of alkyl halides is 5. The van der Waals surface area contributed by atoms with Crippen molar-refractivity contribution in [2.24, 2.45) is 0 Å².